The lowest BCUT2D eigenvalue weighted by molar-refractivity contribution is -0.133. The first kappa shape index (κ1) is 33.8. The van der Waals surface area contributed by atoms with Gasteiger partial charge in [0.15, 0.2) is 5.82 Å². The Bertz CT molecular complexity index is 1250. The molecule has 2 aliphatic heterocycles. The predicted molar refractivity (Wildman–Crippen MR) is 160 cm³/mol. The number of hydrogen-bond acceptors (Lipinski definition) is 8. The summed E-state index contributed by atoms with van der Waals surface area (Å²) >= 11 is 0. The van der Waals surface area contributed by atoms with E-state index in [0.29, 0.717) is 30.9 Å². The Labute approximate surface area is 257 Å². The van der Waals surface area contributed by atoms with Gasteiger partial charge in [-0.15, -0.1) is 10.2 Å². The summed E-state index contributed by atoms with van der Waals surface area (Å²) in [5.41, 5.74) is 0.205. The van der Waals surface area contributed by atoms with E-state index in [2.05, 4.69) is 44.1 Å². The first-order chi connectivity index (χ1) is 20.8. The molecule has 0 radical (unpaired) electrons. The van der Waals surface area contributed by atoms with Crippen LogP contribution in [0.2, 0.25) is 0 Å². The molecule has 1 spiro atoms. The Hall–Kier alpha value is -3.06. The lowest BCUT2D eigenvalue weighted by Crippen LogP contribution is -2.62. The molecule has 1 atom stereocenters. The Balaban J connectivity index is 1.38. The smallest absolute Gasteiger partial charge is 0.390 e. The molecule has 1 amide bonds. The average molecular weight is 624 g/mol. The van der Waals surface area contributed by atoms with Crippen molar-refractivity contribution in [2.75, 3.05) is 50.7 Å². The van der Waals surface area contributed by atoms with Crippen LogP contribution in [0.5, 0.6) is 11.6 Å². The standard InChI is InChI=1S/C31H45F4N7O2/c1-6-42(22(4)5)29(43)24-16-23(32)9-10-26(24)44-28-27(37-20-38-39-28)40-15-12-30(17-40)18-41(19-30)25(21(2)3)8-7-13-36-14-11-31(33,34)35/h9-10,16,20-22,25,36H,6-8,11-15,17-19H2,1-5H3. The summed E-state index contributed by atoms with van der Waals surface area (Å²) in [5.74, 6) is 0.438. The van der Waals surface area contributed by atoms with Crippen molar-refractivity contribution in [1.82, 2.24) is 30.3 Å². The molecule has 2 fully saturated rings. The number of carbonyl (C=O) groups is 1. The zero-order chi connectivity index (χ0) is 32.1. The minimum Gasteiger partial charge on any atom is -0.434 e. The molecule has 3 heterocycles. The molecular formula is C31H45F4N7O2. The fourth-order valence-corrected chi connectivity index (χ4v) is 6.45. The molecule has 0 saturated carbocycles. The van der Waals surface area contributed by atoms with Crippen molar-refractivity contribution in [3.05, 3.63) is 35.9 Å². The fraction of sp³-hybridized carbons (Fsp3) is 0.677. The molecule has 2 aliphatic rings. The molecule has 2 aromatic rings. The minimum absolute atomic E-state index is 0.0456. The molecule has 1 unspecified atom stereocenters. The van der Waals surface area contributed by atoms with Crippen molar-refractivity contribution >= 4 is 11.7 Å². The van der Waals surface area contributed by atoms with Crippen LogP contribution in [0, 0.1) is 17.2 Å². The predicted octanol–water partition coefficient (Wildman–Crippen LogP) is 5.53. The molecule has 1 aromatic heterocycles. The highest BCUT2D eigenvalue weighted by atomic mass is 19.4. The molecule has 1 N–H and O–H groups in total. The second-order valence-electron chi connectivity index (χ2n) is 12.7. The molecule has 9 nitrogen and oxygen atoms in total. The van der Waals surface area contributed by atoms with Gasteiger partial charge in [-0.2, -0.15) is 13.2 Å². The Morgan fingerprint density at radius 2 is 1.91 bits per heavy atom. The lowest BCUT2D eigenvalue weighted by Gasteiger charge is -2.53. The van der Waals surface area contributed by atoms with Crippen molar-refractivity contribution in [1.29, 1.82) is 0 Å². The second kappa shape index (κ2) is 14.4. The lowest BCUT2D eigenvalue weighted by atomic mass is 9.76. The maximum Gasteiger partial charge on any atom is 0.390 e. The van der Waals surface area contributed by atoms with Gasteiger partial charge in [-0.25, -0.2) is 9.37 Å². The Morgan fingerprint density at radius 1 is 1.16 bits per heavy atom. The number of halogens is 4. The van der Waals surface area contributed by atoms with Crippen molar-refractivity contribution in [3.63, 3.8) is 0 Å². The Morgan fingerprint density at radius 3 is 2.57 bits per heavy atom. The normalized spacial score (nSPS) is 17.4. The molecule has 4 rings (SSSR count). The summed E-state index contributed by atoms with van der Waals surface area (Å²) in [6.07, 6.45) is -0.849. The van der Waals surface area contributed by atoms with Crippen LogP contribution in [-0.4, -0.2) is 95.0 Å². The second-order valence-corrected chi connectivity index (χ2v) is 12.7. The van der Waals surface area contributed by atoms with Gasteiger partial charge in [0.25, 0.3) is 11.8 Å². The average Bonchev–Trinajstić information content (AvgIpc) is 3.38. The zero-order valence-electron chi connectivity index (χ0n) is 26.3. The third-order valence-corrected chi connectivity index (χ3v) is 8.67. The maximum atomic E-state index is 14.2. The number of ether oxygens (including phenoxy) is 1. The van der Waals surface area contributed by atoms with Crippen molar-refractivity contribution in [2.45, 2.75) is 78.6 Å². The number of nitrogens with one attached hydrogen (secondary N) is 1. The van der Waals surface area contributed by atoms with Gasteiger partial charge in [0.2, 0.25) is 0 Å². The highest BCUT2D eigenvalue weighted by molar-refractivity contribution is 5.97. The number of anilines is 1. The van der Waals surface area contributed by atoms with Crippen molar-refractivity contribution in [3.8, 4) is 11.6 Å². The Kier molecular flexibility index (Phi) is 11.0. The summed E-state index contributed by atoms with van der Waals surface area (Å²) in [6, 6.07) is 4.15. The van der Waals surface area contributed by atoms with E-state index in [4.69, 9.17) is 4.74 Å². The number of aromatic nitrogens is 3. The number of benzene rings is 1. The third-order valence-electron chi connectivity index (χ3n) is 8.67. The topological polar surface area (TPSA) is 86.7 Å². The first-order valence-electron chi connectivity index (χ1n) is 15.5. The van der Waals surface area contributed by atoms with Gasteiger partial charge in [0, 0.05) is 56.8 Å². The van der Waals surface area contributed by atoms with Gasteiger partial charge in [-0.05, 0) is 70.7 Å². The summed E-state index contributed by atoms with van der Waals surface area (Å²) in [7, 11) is 0. The number of alkyl halides is 3. The van der Waals surface area contributed by atoms with Gasteiger partial charge >= 0.3 is 6.18 Å². The van der Waals surface area contributed by atoms with Gasteiger partial charge in [-0.3, -0.25) is 9.69 Å². The van der Waals surface area contributed by atoms with Crippen LogP contribution >= 0.6 is 0 Å². The monoisotopic (exact) mass is 623 g/mol. The summed E-state index contributed by atoms with van der Waals surface area (Å²) in [4.78, 5) is 24.0. The maximum absolute atomic E-state index is 14.2. The van der Waals surface area contributed by atoms with E-state index in [-0.39, 0.29) is 41.1 Å². The van der Waals surface area contributed by atoms with Crippen LogP contribution in [-0.2, 0) is 0 Å². The van der Waals surface area contributed by atoms with Crippen LogP contribution in [0.15, 0.2) is 24.5 Å². The van der Waals surface area contributed by atoms with Crippen LogP contribution in [0.3, 0.4) is 0 Å². The number of hydrogen-bond donors (Lipinski definition) is 1. The third kappa shape index (κ3) is 8.35. The molecule has 2 saturated heterocycles. The first-order valence-corrected chi connectivity index (χ1v) is 15.5. The van der Waals surface area contributed by atoms with Crippen LogP contribution in [0.25, 0.3) is 0 Å². The zero-order valence-corrected chi connectivity index (χ0v) is 26.3. The van der Waals surface area contributed by atoms with E-state index in [0.717, 1.165) is 45.4 Å². The number of likely N-dealkylation sites (tertiary alicyclic amines) is 1. The van der Waals surface area contributed by atoms with Gasteiger partial charge < -0.3 is 19.9 Å². The van der Waals surface area contributed by atoms with E-state index >= 15 is 0 Å². The molecular weight excluding hydrogens is 578 g/mol. The van der Waals surface area contributed by atoms with Crippen LogP contribution in [0.4, 0.5) is 23.4 Å². The van der Waals surface area contributed by atoms with E-state index in [1.807, 2.05) is 20.8 Å². The summed E-state index contributed by atoms with van der Waals surface area (Å²) in [5, 5.41) is 11.0. The van der Waals surface area contributed by atoms with Gasteiger partial charge in [0.05, 0.1) is 12.0 Å². The molecule has 0 aliphatic carbocycles. The molecule has 244 valence electrons. The van der Waals surface area contributed by atoms with E-state index in [1.54, 1.807) is 4.90 Å². The number of nitrogens with zero attached hydrogens (tertiary/aromatic N) is 6. The van der Waals surface area contributed by atoms with E-state index in [9.17, 15) is 22.4 Å². The number of carbonyl (C=O) groups excluding carboxylic acids is 1. The van der Waals surface area contributed by atoms with Gasteiger partial charge in [-0.1, -0.05) is 13.8 Å². The molecule has 1 aromatic carbocycles. The minimum atomic E-state index is -4.13. The molecule has 0 bridgehead atoms. The summed E-state index contributed by atoms with van der Waals surface area (Å²) in [6.45, 7) is 14.4. The van der Waals surface area contributed by atoms with Crippen molar-refractivity contribution < 1.29 is 27.1 Å². The highest BCUT2D eigenvalue weighted by Gasteiger charge is 2.50. The molecule has 13 heteroatoms. The van der Waals surface area contributed by atoms with Crippen LogP contribution in [0.1, 0.15) is 70.7 Å². The fourth-order valence-electron chi connectivity index (χ4n) is 6.45. The van der Waals surface area contributed by atoms with Crippen LogP contribution < -0.4 is 15.0 Å². The largest absolute Gasteiger partial charge is 0.434 e. The van der Waals surface area contributed by atoms with Crippen molar-refractivity contribution in [2.24, 2.45) is 11.3 Å². The van der Waals surface area contributed by atoms with E-state index < -0.39 is 18.4 Å². The van der Waals surface area contributed by atoms with Gasteiger partial charge in [0.1, 0.15) is 17.9 Å². The van der Waals surface area contributed by atoms with E-state index in [1.165, 1.54) is 24.5 Å². The highest BCUT2D eigenvalue weighted by Crippen LogP contribution is 2.44. The SMILES string of the molecule is CCN(C(=O)c1cc(F)ccc1Oc1nncnc1N1CCC2(C1)CN(C(CCCNCCC(F)(F)F)C(C)C)C2)C(C)C. The quantitative estimate of drug-likeness (QED) is 0.217. The number of amides is 1. The number of rotatable bonds is 14. The molecule has 44 heavy (non-hydrogen) atoms. The summed E-state index contributed by atoms with van der Waals surface area (Å²) < 4.78 is 57.5.